The van der Waals surface area contributed by atoms with Gasteiger partial charge in [0.15, 0.2) is 0 Å². The molecule has 0 aliphatic carbocycles. The fourth-order valence-corrected chi connectivity index (χ4v) is 5.15. The van der Waals surface area contributed by atoms with E-state index in [4.69, 9.17) is 4.74 Å². The lowest BCUT2D eigenvalue weighted by Gasteiger charge is -2.43. The summed E-state index contributed by atoms with van der Waals surface area (Å²) >= 11 is 1.73. The second kappa shape index (κ2) is 5.46. The van der Waals surface area contributed by atoms with Crippen molar-refractivity contribution in [2.45, 2.75) is 39.3 Å². The number of thiophene rings is 1. The van der Waals surface area contributed by atoms with Gasteiger partial charge in [-0.2, -0.15) is 0 Å². The fraction of sp³-hybridized carbons (Fsp3) is 0.421. The highest BCUT2D eigenvalue weighted by atomic mass is 32.1. The quantitative estimate of drug-likeness (QED) is 0.769. The van der Waals surface area contributed by atoms with Crippen LogP contribution in [0.5, 0.6) is 0 Å². The van der Waals surface area contributed by atoms with Crippen molar-refractivity contribution >= 4 is 22.9 Å². The lowest BCUT2D eigenvalue weighted by molar-refractivity contribution is -0.117. The number of amides is 1. The number of aryl methyl sites for hydroxylation is 2. The standard InChI is InChI=1S/C19H21NO2S/c1-11-9-12(2)17-15(10-11)20(13(3)21)18(16-5-4-8-23-16)14-6-7-22-19(14)17/h4-5,8-10,14,18-19H,6-7H2,1-3H3/t14-,18+,19-/m1/s1. The molecule has 1 fully saturated rings. The lowest BCUT2D eigenvalue weighted by Crippen LogP contribution is -2.42. The summed E-state index contributed by atoms with van der Waals surface area (Å²) in [7, 11) is 0. The largest absolute Gasteiger partial charge is 0.373 e. The van der Waals surface area contributed by atoms with E-state index in [-0.39, 0.29) is 18.1 Å². The molecule has 0 radical (unpaired) electrons. The number of benzene rings is 1. The molecule has 0 N–H and O–H groups in total. The van der Waals surface area contributed by atoms with Crippen LogP contribution >= 0.6 is 11.3 Å². The molecule has 0 unspecified atom stereocenters. The molecule has 1 saturated heterocycles. The zero-order valence-corrected chi connectivity index (χ0v) is 14.5. The summed E-state index contributed by atoms with van der Waals surface area (Å²) in [5, 5.41) is 2.09. The third-order valence-corrected chi connectivity index (χ3v) is 5.99. The second-order valence-corrected chi connectivity index (χ2v) is 7.59. The van der Waals surface area contributed by atoms with Crippen molar-refractivity contribution < 1.29 is 9.53 Å². The van der Waals surface area contributed by atoms with Gasteiger partial charge in [0, 0.05) is 29.9 Å². The number of carbonyl (C=O) groups is 1. The zero-order chi connectivity index (χ0) is 16.1. The molecule has 1 aromatic heterocycles. The molecule has 4 rings (SSSR count). The molecule has 3 atom stereocenters. The van der Waals surface area contributed by atoms with Gasteiger partial charge in [-0.25, -0.2) is 0 Å². The number of anilines is 1. The third kappa shape index (κ3) is 2.24. The average Bonchev–Trinajstić information content (AvgIpc) is 3.16. The molecule has 4 heteroatoms. The highest BCUT2D eigenvalue weighted by molar-refractivity contribution is 7.10. The first-order valence-corrected chi connectivity index (χ1v) is 9.02. The van der Waals surface area contributed by atoms with Crippen LogP contribution in [0.3, 0.4) is 0 Å². The van der Waals surface area contributed by atoms with E-state index in [1.54, 1.807) is 18.3 Å². The summed E-state index contributed by atoms with van der Waals surface area (Å²) in [5.74, 6) is 0.450. The molecule has 0 bridgehead atoms. The maximum Gasteiger partial charge on any atom is 0.224 e. The van der Waals surface area contributed by atoms with Gasteiger partial charge in [0.2, 0.25) is 5.91 Å². The van der Waals surface area contributed by atoms with Gasteiger partial charge in [0.05, 0.1) is 17.8 Å². The van der Waals surface area contributed by atoms with Crippen molar-refractivity contribution in [3.05, 3.63) is 51.2 Å². The molecule has 2 aliphatic rings. The van der Waals surface area contributed by atoms with Crippen molar-refractivity contribution in [2.24, 2.45) is 5.92 Å². The van der Waals surface area contributed by atoms with Gasteiger partial charge in [0.1, 0.15) is 0 Å². The van der Waals surface area contributed by atoms with Crippen LogP contribution in [0, 0.1) is 19.8 Å². The first kappa shape index (κ1) is 14.9. The van der Waals surface area contributed by atoms with Crippen LogP contribution in [-0.2, 0) is 9.53 Å². The van der Waals surface area contributed by atoms with Crippen LogP contribution in [0.2, 0.25) is 0 Å². The molecule has 3 nitrogen and oxygen atoms in total. The van der Waals surface area contributed by atoms with E-state index in [2.05, 4.69) is 43.5 Å². The normalized spacial score (nSPS) is 26.0. The van der Waals surface area contributed by atoms with Gasteiger partial charge in [-0.05, 0) is 48.9 Å². The van der Waals surface area contributed by atoms with Crippen LogP contribution in [0.25, 0.3) is 0 Å². The van der Waals surface area contributed by atoms with E-state index in [0.717, 1.165) is 18.7 Å². The number of ether oxygens (including phenoxy) is 1. The monoisotopic (exact) mass is 327 g/mol. The van der Waals surface area contributed by atoms with E-state index in [0.29, 0.717) is 5.92 Å². The summed E-state index contributed by atoms with van der Waals surface area (Å²) in [5.41, 5.74) is 4.67. The van der Waals surface area contributed by atoms with Crippen LogP contribution < -0.4 is 4.90 Å². The van der Waals surface area contributed by atoms with E-state index in [1.165, 1.54) is 21.6 Å². The maximum absolute atomic E-state index is 12.6. The van der Waals surface area contributed by atoms with Crippen LogP contribution in [0.4, 0.5) is 5.69 Å². The van der Waals surface area contributed by atoms with Gasteiger partial charge in [0.25, 0.3) is 0 Å². The van der Waals surface area contributed by atoms with Gasteiger partial charge in [-0.3, -0.25) is 4.79 Å². The molecule has 1 aromatic carbocycles. The summed E-state index contributed by atoms with van der Waals surface area (Å²) in [6.07, 6.45) is 1.11. The molecule has 2 aromatic rings. The number of rotatable bonds is 1. The number of fused-ring (bicyclic) bond motifs is 3. The Morgan fingerprint density at radius 3 is 2.87 bits per heavy atom. The molecule has 3 heterocycles. The first-order valence-electron chi connectivity index (χ1n) is 8.14. The van der Waals surface area contributed by atoms with E-state index < -0.39 is 0 Å². The summed E-state index contributed by atoms with van der Waals surface area (Å²) in [6.45, 7) is 6.68. The Morgan fingerprint density at radius 2 is 2.17 bits per heavy atom. The Morgan fingerprint density at radius 1 is 1.35 bits per heavy atom. The smallest absolute Gasteiger partial charge is 0.224 e. The molecule has 0 saturated carbocycles. The number of hydrogen-bond acceptors (Lipinski definition) is 3. The van der Waals surface area contributed by atoms with Crippen LogP contribution in [0.15, 0.2) is 29.6 Å². The highest BCUT2D eigenvalue weighted by Crippen LogP contribution is 2.54. The Kier molecular flexibility index (Phi) is 3.54. The van der Waals surface area contributed by atoms with E-state index >= 15 is 0 Å². The first-order chi connectivity index (χ1) is 11.1. The fourth-order valence-electron chi connectivity index (χ4n) is 4.26. The Balaban J connectivity index is 1.97. The number of carbonyl (C=O) groups excluding carboxylic acids is 1. The van der Waals surface area contributed by atoms with Crippen molar-refractivity contribution in [3.8, 4) is 0 Å². The number of nitrogens with zero attached hydrogens (tertiary/aromatic N) is 1. The summed E-state index contributed by atoms with van der Waals surface area (Å²) < 4.78 is 6.13. The minimum Gasteiger partial charge on any atom is -0.373 e. The van der Waals surface area contributed by atoms with Gasteiger partial charge in [-0.15, -0.1) is 11.3 Å². The predicted octanol–water partition coefficient (Wildman–Crippen LogP) is 4.55. The van der Waals surface area contributed by atoms with Crippen LogP contribution in [0.1, 0.15) is 47.1 Å². The van der Waals surface area contributed by atoms with Crippen molar-refractivity contribution in [3.63, 3.8) is 0 Å². The minimum absolute atomic E-state index is 0.0914. The molecule has 0 spiro atoms. The predicted molar refractivity (Wildman–Crippen MR) is 92.9 cm³/mol. The second-order valence-electron chi connectivity index (χ2n) is 6.61. The highest BCUT2D eigenvalue weighted by Gasteiger charge is 2.47. The van der Waals surface area contributed by atoms with E-state index in [9.17, 15) is 4.79 Å². The van der Waals surface area contributed by atoms with Crippen molar-refractivity contribution in [1.82, 2.24) is 0 Å². The SMILES string of the molecule is CC(=O)N1c2cc(C)cc(C)c2[C@@H]2OCC[C@@H]2[C@H]1c1cccs1. The topological polar surface area (TPSA) is 29.5 Å². The number of hydrogen-bond donors (Lipinski definition) is 0. The molecule has 2 aliphatic heterocycles. The molecule has 1 amide bonds. The Labute approximate surface area is 140 Å². The molecule has 23 heavy (non-hydrogen) atoms. The molecular formula is C19H21NO2S. The zero-order valence-electron chi connectivity index (χ0n) is 13.7. The van der Waals surface area contributed by atoms with Crippen molar-refractivity contribution in [1.29, 1.82) is 0 Å². The van der Waals surface area contributed by atoms with E-state index in [1.807, 2.05) is 4.90 Å². The average molecular weight is 327 g/mol. The lowest BCUT2D eigenvalue weighted by atomic mass is 9.80. The summed E-state index contributed by atoms with van der Waals surface area (Å²) in [6, 6.07) is 8.65. The van der Waals surface area contributed by atoms with Crippen LogP contribution in [-0.4, -0.2) is 12.5 Å². The third-order valence-electron chi connectivity index (χ3n) is 5.05. The van der Waals surface area contributed by atoms with Gasteiger partial charge >= 0.3 is 0 Å². The summed E-state index contributed by atoms with van der Waals surface area (Å²) in [4.78, 5) is 15.8. The Hall–Kier alpha value is -1.65. The Bertz CT molecular complexity index is 753. The minimum atomic E-state index is 0.0914. The van der Waals surface area contributed by atoms with Crippen molar-refractivity contribution in [2.75, 3.05) is 11.5 Å². The van der Waals surface area contributed by atoms with Gasteiger partial charge < -0.3 is 9.64 Å². The maximum atomic E-state index is 12.6. The molecular weight excluding hydrogens is 306 g/mol. The molecule has 120 valence electrons. The van der Waals surface area contributed by atoms with Gasteiger partial charge in [-0.1, -0.05) is 12.1 Å².